The number of amides is 2. The molecule has 1 aromatic rings. The van der Waals surface area contributed by atoms with Crippen molar-refractivity contribution in [3.63, 3.8) is 0 Å². The number of aliphatic imine (C=N–C) groups is 1. The van der Waals surface area contributed by atoms with Crippen LogP contribution < -0.4 is 5.32 Å². The number of benzene rings is 1. The third-order valence-electron chi connectivity index (χ3n) is 2.69. The quantitative estimate of drug-likeness (QED) is 0.924. The molecule has 0 saturated heterocycles. The van der Waals surface area contributed by atoms with E-state index in [1.807, 2.05) is 0 Å². The number of carbonyl (C=O) groups is 2. The summed E-state index contributed by atoms with van der Waals surface area (Å²) in [6.07, 6.45) is -0.000659. The van der Waals surface area contributed by atoms with E-state index in [0.29, 0.717) is 10.9 Å². The summed E-state index contributed by atoms with van der Waals surface area (Å²) in [5.74, 6) is -1.23. The van der Waals surface area contributed by atoms with E-state index in [9.17, 15) is 14.0 Å². The van der Waals surface area contributed by atoms with Crippen molar-refractivity contribution in [2.24, 2.45) is 4.99 Å². The maximum atomic E-state index is 13.0. The Balaban J connectivity index is 1.94. The fourth-order valence-corrected chi connectivity index (χ4v) is 2.84. The molecule has 0 fully saturated rings. The monoisotopic (exact) mass is 329 g/mol. The van der Waals surface area contributed by atoms with Crippen molar-refractivity contribution in [3.8, 4) is 0 Å². The van der Waals surface area contributed by atoms with Crippen molar-refractivity contribution in [2.45, 2.75) is 11.7 Å². The summed E-state index contributed by atoms with van der Waals surface area (Å²) in [7, 11) is 3.56. The third-order valence-corrected chi connectivity index (χ3v) is 4.30. The molecular formula is C13H13ClFN3O2S. The minimum Gasteiger partial charge on any atom is -0.357 e. The summed E-state index contributed by atoms with van der Waals surface area (Å²) in [5, 5.41) is 2.57. The highest BCUT2D eigenvalue weighted by Crippen LogP contribution is 2.27. The minimum absolute atomic E-state index is 0.000659. The highest BCUT2D eigenvalue weighted by Gasteiger charge is 2.31. The van der Waals surface area contributed by atoms with Gasteiger partial charge in [-0.05, 0) is 18.2 Å². The second-order valence-electron chi connectivity index (χ2n) is 4.61. The predicted octanol–water partition coefficient (Wildman–Crippen LogP) is 2.37. The topological polar surface area (TPSA) is 61.8 Å². The molecule has 0 spiro atoms. The maximum absolute atomic E-state index is 13.0. The molecule has 0 saturated carbocycles. The van der Waals surface area contributed by atoms with E-state index in [0.717, 1.165) is 0 Å². The van der Waals surface area contributed by atoms with Crippen molar-refractivity contribution in [1.82, 2.24) is 4.90 Å². The molecule has 2 rings (SSSR count). The number of halogens is 2. The Labute approximate surface area is 130 Å². The van der Waals surface area contributed by atoms with Crippen LogP contribution in [0.4, 0.5) is 10.1 Å². The first-order valence-corrected chi connectivity index (χ1v) is 7.34. The molecule has 1 aliphatic heterocycles. The fraction of sp³-hybridized carbons (Fsp3) is 0.308. The van der Waals surface area contributed by atoms with Gasteiger partial charge in [-0.25, -0.2) is 4.39 Å². The van der Waals surface area contributed by atoms with Crippen LogP contribution in [0.5, 0.6) is 0 Å². The number of rotatable bonds is 3. The van der Waals surface area contributed by atoms with Gasteiger partial charge in [0.2, 0.25) is 5.91 Å². The first-order valence-electron chi connectivity index (χ1n) is 6.08. The van der Waals surface area contributed by atoms with E-state index in [-0.39, 0.29) is 23.3 Å². The van der Waals surface area contributed by atoms with E-state index in [4.69, 9.17) is 11.6 Å². The molecular weight excluding hydrogens is 317 g/mol. The standard InChI is InChI=1S/C13H13ClFN3O2S/c1-18(2)13-17-12(20)10(21-13)6-11(19)16-7-3-4-9(15)8(14)5-7/h3-5,10H,6H2,1-2H3,(H,16,19). The summed E-state index contributed by atoms with van der Waals surface area (Å²) >= 11 is 6.89. The molecule has 5 nitrogen and oxygen atoms in total. The Kier molecular flexibility index (Phi) is 4.84. The molecule has 1 N–H and O–H groups in total. The van der Waals surface area contributed by atoms with Gasteiger partial charge in [-0.3, -0.25) is 9.59 Å². The molecule has 0 aromatic heterocycles. The van der Waals surface area contributed by atoms with Gasteiger partial charge < -0.3 is 10.2 Å². The van der Waals surface area contributed by atoms with Crippen molar-refractivity contribution >= 4 is 46.0 Å². The number of nitrogens with zero attached hydrogens (tertiary/aromatic N) is 2. The van der Waals surface area contributed by atoms with Crippen LogP contribution in [-0.2, 0) is 9.59 Å². The molecule has 1 aliphatic rings. The SMILES string of the molecule is CN(C)C1=NC(=O)C(CC(=O)Nc2ccc(F)c(Cl)c2)S1. The molecule has 0 aliphatic carbocycles. The zero-order chi connectivity index (χ0) is 15.6. The van der Waals surface area contributed by atoms with Gasteiger partial charge in [-0.15, -0.1) is 0 Å². The molecule has 1 atom stereocenters. The van der Waals surface area contributed by atoms with E-state index in [1.165, 1.54) is 30.0 Å². The molecule has 1 heterocycles. The predicted molar refractivity (Wildman–Crippen MR) is 82.2 cm³/mol. The lowest BCUT2D eigenvalue weighted by molar-refractivity contribution is -0.121. The van der Waals surface area contributed by atoms with Crippen LogP contribution in [-0.4, -0.2) is 41.2 Å². The van der Waals surface area contributed by atoms with Gasteiger partial charge in [0.25, 0.3) is 5.91 Å². The Hall–Kier alpha value is -1.60. The molecule has 2 amide bonds. The van der Waals surface area contributed by atoms with Gasteiger partial charge in [0, 0.05) is 26.2 Å². The summed E-state index contributed by atoms with van der Waals surface area (Å²) in [6, 6.07) is 3.89. The lowest BCUT2D eigenvalue weighted by Crippen LogP contribution is -2.22. The molecule has 1 aromatic carbocycles. The highest BCUT2D eigenvalue weighted by atomic mass is 35.5. The van der Waals surface area contributed by atoms with E-state index < -0.39 is 11.1 Å². The largest absolute Gasteiger partial charge is 0.357 e. The molecule has 1 unspecified atom stereocenters. The molecule has 21 heavy (non-hydrogen) atoms. The van der Waals surface area contributed by atoms with Crippen LogP contribution >= 0.6 is 23.4 Å². The lowest BCUT2D eigenvalue weighted by Gasteiger charge is -2.12. The van der Waals surface area contributed by atoms with Crippen molar-refractivity contribution in [1.29, 1.82) is 0 Å². The van der Waals surface area contributed by atoms with E-state index in [2.05, 4.69) is 10.3 Å². The Morgan fingerprint density at radius 1 is 1.52 bits per heavy atom. The van der Waals surface area contributed by atoms with Gasteiger partial charge in [0.1, 0.15) is 11.1 Å². The van der Waals surface area contributed by atoms with Crippen molar-refractivity contribution < 1.29 is 14.0 Å². The average Bonchev–Trinajstić information content (AvgIpc) is 2.76. The minimum atomic E-state index is -0.555. The second kappa shape index (κ2) is 6.44. The van der Waals surface area contributed by atoms with Gasteiger partial charge in [0.15, 0.2) is 5.17 Å². The van der Waals surface area contributed by atoms with Crippen molar-refractivity contribution in [3.05, 3.63) is 29.0 Å². The normalized spacial score (nSPS) is 17.6. The Morgan fingerprint density at radius 2 is 2.24 bits per heavy atom. The molecule has 0 bridgehead atoms. The number of thioether (sulfide) groups is 1. The Morgan fingerprint density at radius 3 is 2.81 bits per heavy atom. The zero-order valence-electron chi connectivity index (χ0n) is 11.4. The number of anilines is 1. The van der Waals surface area contributed by atoms with Crippen molar-refractivity contribution in [2.75, 3.05) is 19.4 Å². The van der Waals surface area contributed by atoms with Gasteiger partial charge in [-0.2, -0.15) is 4.99 Å². The van der Waals surface area contributed by atoms with E-state index in [1.54, 1.807) is 19.0 Å². The van der Waals surface area contributed by atoms with Crippen LogP contribution in [0, 0.1) is 5.82 Å². The molecule has 112 valence electrons. The number of nitrogens with one attached hydrogen (secondary N) is 1. The molecule has 0 radical (unpaired) electrons. The number of hydrogen-bond acceptors (Lipinski definition) is 4. The number of amidine groups is 1. The number of carbonyl (C=O) groups excluding carboxylic acids is 2. The first-order chi connectivity index (χ1) is 9.86. The Bertz CT molecular complexity index is 621. The van der Waals surface area contributed by atoms with Gasteiger partial charge in [-0.1, -0.05) is 23.4 Å². The lowest BCUT2D eigenvalue weighted by atomic mass is 10.2. The zero-order valence-corrected chi connectivity index (χ0v) is 13.0. The highest BCUT2D eigenvalue weighted by molar-refractivity contribution is 8.15. The van der Waals surface area contributed by atoms with Crippen LogP contribution in [0.15, 0.2) is 23.2 Å². The second-order valence-corrected chi connectivity index (χ2v) is 6.19. The fourth-order valence-electron chi connectivity index (χ4n) is 1.66. The summed E-state index contributed by atoms with van der Waals surface area (Å²) in [6.45, 7) is 0. The van der Waals surface area contributed by atoms with Gasteiger partial charge in [0.05, 0.1) is 5.02 Å². The molecule has 8 heteroatoms. The van der Waals surface area contributed by atoms with E-state index >= 15 is 0 Å². The maximum Gasteiger partial charge on any atom is 0.262 e. The summed E-state index contributed by atoms with van der Waals surface area (Å²) in [4.78, 5) is 29.2. The van der Waals surface area contributed by atoms with Crippen LogP contribution in [0.1, 0.15) is 6.42 Å². The number of hydrogen-bond donors (Lipinski definition) is 1. The smallest absolute Gasteiger partial charge is 0.262 e. The first kappa shape index (κ1) is 15.8. The summed E-state index contributed by atoms with van der Waals surface area (Å²) in [5.41, 5.74) is 0.385. The van der Waals surface area contributed by atoms with Crippen LogP contribution in [0.2, 0.25) is 5.02 Å². The third kappa shape index (κ3) is 3.95. The van der Waals surface area contributed by atoms with Gasteiger partial charge >= 0.3 is 0 Å². The average molecular weight is 330 g/mol. The van der Waals surface area contributed by atoms with Crippen LogP contribution in [0.3, 0.4) is 0 Å². The van der Waals surface area contributed by atoms with Crippen LogP contribution in [0.25, 0.3) is 0 Å². The summed E-state index contributed by atoms with van der Waals surface area (Å²) < 4.78 is 13.0.